The normalized spacial score (nSPS) is 11.4. The molecule has 0 bridgehead atoms. The summed E-state index contributed by atoms with van der Waals surface area (Å²) in [6.07, 6.45) is 5.94. The molecule has 3 heteroatoms. The lowest BCUT2D eigenvalue weighted by molar-refractivity contribution is 0.135. The highest BCUT2D eigenvalue weighted by atomic mass is 16.5. The second-order valence-electron chi connectivity index (χ2n) is 4.75. The topological polar surface area (TPSA) is 30.8 Å². The summed E-state index contributed by atoms with van der Waals surface area (Å²) in [5.41, 5.74) is 1.04. The molecule has 1 rings (SSSR count). The van der Waals surface area contributed by atoms with Gasteiger partial charge in [-0.2, -0.15) is 0 Å². The van der Waals surface area contributed by atoms with Crippen molar-refractivity contribution in [3.8, 4) is 5.75 Å². The number of unbranched alkanes of at least 4 members (excludes halogenated alkanes) is 2. The first-order chi connectivity index (χ1) is 10.4. The predicted molar refractivity (Wildman–Crippen MR) is 89.4 cm³/mol. The molecule has 0 aliphatic heterocycles. The van der Waals surface area contributed by atoms with Gasteiger partial charge in [-0.05, 0) is 44.4 Å². The summed E-state index contributed by atoms with van der Waals surface area (Å²) in [5.74, 6) is 0.945. The highest BCUT2D eigenvalue weighted by molar-refractivity contribution is 5.94. The van der Waals surface area contributed by atoms with Crippen molar-refractivity contribution in [3.63, 3.8) is 0 Å². The van der Waals surface area contributed by atoms with Crippen LogP contribution in [0.1, 0.15) is 32.6 Å². The van der Waals surface area contributed by atoms with Crippen molar-refractivity contribution >= 4 is 5.71 Å². The molecule has 0 amide bonds. The van der Waals surface area contributed by atoms with Gasteiger partial charge >= 0.3 is 0 Å². The fourth-order valence-electron chi connectivity index (χ4n) is 1.92. The van der Waals surface area contributed by atoms with E-state index in [-0.39, 0.29) is 0 Å². The second kappa shape index (κ2) is 12.2. The number of aliphatic imine (C=N–C) groups is 1. The minimum atomic E-state index is 0.728. The van der Waals surface area contributed by atoms with Gasteiger partial charge < -0.3 is 9.47 Å². The lowest BCUT2D eigenvalue weighted by Gasteiger charge is -2.06. The van der Waals surface area contributed by atoms with Crippen LogP contribution in [0.5, 0.6) is 5.75 Å². The molecule has 3 nitrogen and oxygen atoms in total. The van der Waals surface area contributed by atoms with E-state index >= 15 is 0 Å². The molecule has 0 saturated heterocycles. The highest BCUT2D eigenvalue weighted by Crippen LogP contribution is 2.09. The molecule has 1 aromatic carbocycles. The third-order valence-corrected chi connectivity index (χ3v) is 3.04. The average molecular weight is 289 g/mol. The number of para-hydroxylation sites is 1. The maximum Gasteiger partial charge on any atom is 0.119 e. The lowest BCUT2D eigenvalue weighted by atomic mass is 10.2. The van der Waals surface area contributed by atoms with Crippen molar-refractivity contribution in [2.45, 2.75) is 32.6 Å². The molecule has 21 heavy (non-hydrogen) atoms. The van der Waals surface area contributed by atoms with E-state index in [0.717, 1.165) is 63.5 Å². The molecule has 0 aliphatic rings. The summed E-state index contributed by atoms with van der Waals surface area (Å²) in [6, 6.07) is 9.94. The Morgan fingerprint density at radius 3 is 2.57 bits per heavy atom. The lowest BCUT2D eigenvalue weighted by Crippen LogP contribution is -2.04. The molecular formula is C18H27NO2. The summed E-state index contributed by atoms with van der Waals surface area (Å²) in [7, 11) is 0. The third-order valence-electron chi connectivity index (χ3n) is 3.04. The minimum absolute atomic E-state index is 0.728. The largest absolute Gasteiger partial charge is 0.494 e. The maximum absolute atomic E-state index is 5.64. The SMILES string of the molecule is C=CC(CCOCCCCCOc1ccccc1)=NCC. The molecule has 0 aliphatic carbocycles. The highest BCUT2D eigenvalue weighted by Gasteiger charge is 1.96. The van der Waals surface area contributed by atoms with E-state index < -0.39 is 0 Å². The number of nitrogens with zero attached hydrogens (tertiary/aromatic N) is 1. The zero-order chi connectivity index (χ0) is 15.2. The Morgan fingerprint density at radius 1 is 1.10 bits per heavy atom. The van der Waals surface area contributed by atoms with Crippen LogP contribution in [0.4, 0.5) is 0 Å². The summed E-state index contributed by atoms with van der Waals surface area (Å²) < 4.78 is 11.2. The fourth-order valence-corrected chi connectivity index (χ4v) is 1.92. The van der Waals surface area contributed by atoms with E-state index in [1.807, 2.05) is 43.3 Å². The van der Waals surface area contributed by atoms with Crippen LogP contribution in [-0.2, 0) is 4.74 Å². The summed E-state index contributed by atoms with van der Waals surface area (Å²) in [4.78, 5) is 4.33. The molecular weight excluding hydrogens is 262 g/mol. The van der Waals surface area contributed by atoms with Crippen LogP contribution in [0.3, 0.4) is 0 Å². The summed E-state index contributed by atoms with van der Waals surface area (Å²) in [6.45, 7) is 8.90. The van der Waals surface area contributed by atoms with Crippen LogP contribution in [0, 0.1) is 0 Å². The van der Waals surface area contributed by atoms with Crippen LogP contribution in [0.25, 0.3) is 0 Å². The van der Waals surface area contributed by atoms with Crippen molar-refractivity contribution in [1.82, 2.24) is 0 Å². The van der Waals surface area contributed by atoms with Crippen LogP contribution in [-0.4, -0.2) is 32.1 Å². The van der Waals surface area contributed by atoms with E-state index in [1.165, 1.54) is 0 Å². The molecule has 0 heterocycles. The van der Waals surface area contributed by atoms with Crippen molar-refractivity contribution < 1.29 is 9.47 Å². The third kappa shape index (κ3) is 9.03. The number of hydrogen-bond acceptors (Lipinski definition) is 3. The number of benzene rings is 1. The first kappa shape index (κ1) is 17.4. The fraction of sp³-hybridized carbons (Fsp3) is 0.500. The van der Waals surface area contributed by atoms with Gasteiger partial charge in [0.25, 0.3) is 0 Å². The smallest absolute Gasteiger partial charge is 0.119 e. The van der Waals surface area contributed by atoms with E-state index in [2.05, 4.69) is 11.6 Å². The monoisotopic (exact) mass is 289 g/mol. The van der Waals surface area contributed by atoms with E-state index in [4.69, 9.17) is 9.47 Å². The molecule has 0 fully saturated rings. The van der Waals surface area contributed by atoms with E-state index in [0.29, 0.717) is 0 Å². The van der Waals surface area contributed by atoms with Gasteiger partial charge in [0.05, 0.1) is 13.2 Å². The van der Waals surface area contributed by atoms with Crippen molar-refractivity contribution in [3.05, 3.63) is 43.0 Å². The number of rotatable bonds is 12. The number of allylic oxidation sites excluding steroid dienone is 1. The molecule has 1 aromatic rings. The standard InChI is InChI=1S/C18H27NO2/c1-3-17(19-4-2)13-16-20-14-9-6-10-15-21-18-11-7-5-8-12-18/h3,5,7-8,11-12H,1,4,6,9-10,13-16H2,2H3. The van der Waals surface area contributed by atoms with E-state index in [1.54, 1.807) is 0 Å². The Morgan fingerprint density at radius 2 is 1.86 bits per heavy atom. The molecule has 0 unspecified atom stereocenters. The van der Waals surface area contributed by atoms with Crippen LogP contribution < -0.4 is 4.74 Å². The summed E-state index contributed by atoms with van der Waals surface area (Å²) >= 11 is 0. The zero-order valence-electron chi connectivity index (χ0n) is 13.1. The first-order valence-corrected chi connectivity index (χ1v) is 7.78. The van der Waals surface area contributed by atoms with Gasteiger partial charge in [-0.3, -0.25) is 4.99 Å². The number of ether oxygens (including phenoxy) is 2. The average Bonchev–Trinajstić information content (AvgIpc) is 2.53. The quantitative estimate of drug-likeness (QED) is 0.424. The van der Waals surface area contributed by atoms with Gasteiger partial charge in [-0.15, -0.1) is 0 Å². The van der Waals surface area contributed by atoms with Gasteiger partial charge in [-0.25, -0.2) is 0 Å². The molecule has 116 valence electrons. The van der Waals surface area contributed by atoms with Gasteiger partial charge in [-0.1, -0.05) is 24.8 Å². The van der Waals surface area contributed by atoms with Gasteiger partial charge in [0.2, 0.25) is 0 Å². The number of hydrogen-bond donors (Lipinski definition) is 0. The Labute approximate surface area is 128 Å². The Balaban J connectivity index is 1.91. The molecule has 0 radical (unpaired) electrons. The van der Waals surface area contributed by atoms with Gasteiger partial charge in [0.1, 0.15) is 5.75 Å². The zero-order valence-corrected chi connectivity index (χ0v) is 13.1. The Kier molecular flexibility index (Phi) is 10.1. The molecule has 0 spiro atoms. The van der Waals surface area contributed by atoms with Crippen LogP contribution in [0.15, 0.2) is 48.0 Å². The summed E-state index contributed by atoms with van der Waals surface area (Å²) in [5, 5.41) is 0. The van der Waals surface area contributed by atoms with Crippen molar-refractivity contribution in [2.75, 3.05) is 26.4 Å². The van der Waals surface area contributed by atoms with Gasteiger partial charge in [0.15, 0.2) is 0 Å². The maximum atomic E-state index is 5.64. The van der Waals surface area contributed by atoms with Crippen LogP contribution >= 0.6 is 0 Å². The molecule has 0 aromatic heterocycles. The first-order valence-electron chi connectivity index (χ1n) is 7.78. The molecule has 0 N–H and O–H groups in total. The Hall–Kier alpha value is -1.61. The predicted octanol–water partition coefficient (Wildman–Crippen LogP) is 4.29. The van der Waals surface area contributed by atoms with Crippen molar-refractivity contribution in [2.24, 2.45) is 4.99 Å². The Bertz CT molecular complexity index is 401. The van der Waals surface area contributed by atoms with Crippen LogP contribution in [0.2, 0.25) is 0 Å². The second-order valence-corrected chi connectivity index (χ2v) is 4.75. The van der Waals surface area contributed by atoms with Gasteiger partial charge in [0, 0.05) is 25.3 Å². The minimum Gasteiger partial charge on any atom is -0.494 e. The molecule has 0 atom stereocenters. The van der Waals surface area contributed by atoms with Crippen molar-refractivity contribution in [1.29, 1.82) is 0 Å². The molecule has 0 saturated carbocycles. The van der Waals surface area contributed by atoms with E-state index in [9.17, 15) is 0 Å².